The highest BCUT2D eigenvalue weighted by molar-refractivity contribution is 5.90. The normalized spacial score (nSPS) is 14.9. The number of carbonyl (C=O) groups excluding carboxylic acids is 1. The van der Waals surface area contributed by atoms with Crippen LogP contribution in [0.25, 0.3) is 10.8 Å². The van der Waals surface area contributed by atoms with Crippen LogP contribution in [0.5, 0.6) is 0 Å². The van der Waals surface area contributed by atoms with Crippen molar-refractivity contribution >= 4 is 22.5 Å². The summed E-state index contributed by atoms with van der Waals surface area (Å²) in [6, 6.07) is 9.34. The molecule has 0 saturated heterocycles. The molecule has 0 spiro atoms. The topological polar surface area (TPSA) is 81.8 Å². The van der Waals surface area contributed by atoms with Crippen LogP contribution in [0.1, 0.15) is 31.7 Å². The molecule has 4 rings (SSSR count). The summed E-state index contributed by atoms with van der Waals surface area (Å²) in [7, 11) is 0. The molecule has 3 aromatic rings. The van der Waals surface area contributed by atoms with Gasteiger partial charge < -0.3 is 5.32 Å². The molecular formula is C18H19N5O2. The minimum atomic E-state index is -0.287. The fraction of sp³-hybridized carbons (Fsp3) is 0.333. The van der Waals surface area contributed by atoms with Crippen LogP contribution in [0, 0.1) is 0 Å². The Kier molecular flexibility index (Phi) is 4.05. The predicted octanol–water partition coefficient (Wildman–Crippen LogP) is 2.35. The minimum Gasteiger partial charge on any atom is -0.309 e. The highest BCUT2D eigenvalue weighted by atomic mass is 16.2. The first-order valence-corrected chi connectivity index (χ1v) is 8.50. The number of benzene rings is 1. The van der Waals surface area contributed by atoms with Gasteiger partial charge in [0.1, 0.15) is 12.4 Å². The van der Waals surface area contributed by atoms with Crippen molar-refractivity contribution in [2.75, 3.05) is 5.32 Å². The van der Waals surface area contributed by atoms with Crippen LogP contribution in [-0.2, 0) is 11.3 Å². The molecular weight excluding hydrogens is 318 g/mol. The number of nitrogens with zero attached hydrogens (tertiary/aromatic N) is 4. The third-order valence-corrected chi connectivity index (χ3v) is 4.66. The Morgan fingerprint density at radius 3 is 2.80 bits per heavy atom. The van der Waals surface area contributed by atoms with Crippen LogP contribution in [0.2, 0.25) is 0 Å². The lowest BCUT2D eigenvalue weighted by Crippen LogP contribution is -2.30. The first-order valence-electron chi connectivity index (χ1n) is 8.50. The zero-order valence-electron chi connectivity index (χ0n) is 13.8. The zero-order valence-corrected chi connectivity index (χ0v) is 13.8. The van der Waals surface area contributed by atoms with Gasteiger partial charge in [-0.2, -0.15) is 10.2 Å². The molecule has 7 nitrogen and oxygen atoms in total. The van der Waals surface area contributed by atoms with Gasteiger partial charge in [0.2, 0.25) is 5.91 Å². The van der Waals surface area contributed by atoms with E-state index in [0.717, 1.165) is 18.2 Å². The maximum absolute atomic E-state index is 12.4. The van der Waals surface area contributed by atoms with Gasteiger partial charge in [-0.05, 0) is 18.9 Å². The highest BCUT2D eigenvalue weighted by Gasteiger charge is 2.20. The lowest BCUT2D eigenvalue weighted by Gasteiger charge is -2.14. The molecule has 2 heterocycles. The van der Waals surface area contributed by atoms with Gasteiger partial charge in [-0.1, -0.05) is 31.0 Å². The maximum Gasteiger partial charge on any atom is 0.275 e. The Morgan fingerprint density at radius 1 is 1.16 bits per heavy atom. The molecule has 1 aliphatic rings. The molecule has 2 aromatic heterocycles. The predicted molar refractivity (Wildman–Crippen MR) is 94.4 cm³/mol. The van der Waals surface area contributed by atoms with Crippen molar-refractivity contribution in [3.63, 3.8) is 0 Å². The molecule has 1 saturated carbocycles. The average Bonchev–Trinajstić information content (AvgIpc) is 3.29. The maximum atomic E-state index is 12.4. The second-order valence-corrected chi connectivity index (χ2v) is 6.34. The van der Waals surface area contributed by atoms with Crippen molar-refractivity contribution in [3.8, 4) is 0 Å². The third kappa shape index (κ3) is 3.05. The minimum absolute atomic E-state index is 0.125. The van der Waals surface area contributed by atoms with Crippen LogP contribution in [0.4, 0.5) is 5.82 Å². The number of carbonyl (C=O) groups is 1. The summed E-state index contributed by atoms with van der Waals surface area (Å²) in [5.74, 6) is 0.385. The molecule has 0 radical (unpaired) electrons. The molecule has 1 N–H and O–H groups in total. The van der Waals surface area contributed by atoms with E-state index >= 15 is 0 Å². The molecule has 7 heteroatoms. The van der Waals surface area contributed by atoms with Crippen LogP contribution in [0.15, 0.2) is 47.5 Å². The Labute approximate surface area is 144 Å². The first-order chi connectivity index (χ1) is 12.2. The summed E-state index contributed by atoms with van der Waals surface area (Å²) in [5.41, 5.74) is -0.266. The van der Waals surface area contributed by atoms with Crippen LogP contribution in [0.3, 0.4) is 0 Å². The van der Waals surface area contributed by atoms with Gasteiger partial charge in [0, 0.05) is 11.5 Å². The van der Waals surface area contributed by atoms with Gasteiger partial charge in [0.25, 0.3) is 5.56 Å². The van der Waals surface area contributed by atoms with Crippen LogP contribution in [-0.4, -0.2) is 25.5 Å². The summed E-state index contributed by atoms with van der Waals surface area (Å²) in [5, 5.41) is 12.6. The van der Waals surface area contributed by atoms with E-state index in [0.29, 0.717) is 17.2 Å². The molecule has 1 fully saturated rings. The molecule has 0 bridgehead atoms. The number of fused-ring (bicyclic) bond motifs is 1. The number of hydrogen-bond donors (Lipinski definition) is 1. The van der Waals surface area contributed by atoms with E-state index in [2.05, 4.69) is 15.5 Å². The van der Waals surface area contributed by atoms with Crippen LogP contribution < -0.4 is 10.9 Å². The largest absolute Gasteiger partial charge is 0.309 e. The number of rotatable bonds is 4. The van der Waals surface area contributed by atoms with Crippen molar-refractivity contribution in [2.45, 2.75) is 38.3 Å². The monoisotopic (exact) mass is 337 g/mol. The van der Waals surface area contributed by atoms with Crippen molar-refractivity contribution < 1.29 is 4.79 Å². The number of amides is 1. The fourth-order valence-corrected chi connectivity index (χ4v) is 3.41. The second-order valence-electron chi connectivity index (χ2n) is 6.34. The third-order valence-electron chi connectivity index (χ3n) is 4.66. The molecule has 25 heavy (non-hydrogen) atoms. The summed E-state index contributed by atoms with van der Waals surface area (Å²) in [6.45, 7) is -0.125. The quantitative estimate of drug-likeness (QED) is 0.792. The van der Waals surface area contributed by atoms with Gasteiger partial charge in [0.15, 0.2) is 0 Å². The first kappa shape index (κ1) is 15.6. The van der Waals surface area contributed by atoms with Gasteiger partial charge >= 0.3 is 0 Å². The molecule has 1 aliphatic carbocycles. The van der Waals surface area contributed by atoms with Crippen molar-refractivity contribution in [1.82, 2.24) is 19.6 Å². The SMILES string of the molecule is O=C(Cn1ncc2ccccc2c1=O)Nc1ccnn1C1CCCC1. The standard InChI is InChI=1S/C18H19N5O2/c24-17(21-16-9-10-19-23(16)14-6-2-3-7-14)12-22-18(25)15-8-4-1-5-13(15)11-20-22/h1,4-5,8-11,14H,2-3,6-7,12H2,(H,21,24). The number of nitrogens with one attached hydrogen (secondary N) is 1. The molecule has 128 valence electrons. The van der Waals surface area contributed by atoms with E-state index in [4.69, 9.17) is 0 Å². The number of hydrogen-bond acceptors (Lipinski definition) is 4. The Bertz CT molecular complexity index is 969. The average molecular weight is 337 g/mol. The van der Waals surface area contributed by atoms with Crippen molar-refractivity contribution in [2.24, 2.45) is 0 Å². The van der Waals surface area contributed by atoms with Gasteiger partial charge in [-0.25, -0.2) is 9.36 Å². The van der Waals surface area contributed by atoms with Crippen LogP contribution >= 0.6 is 0 Å². The number of aromatic nitrogens is 4. The van der Waals surface area contributed by atoms with Gasteiger partial charge in [-0.15, -0.1) is 0 Å². The Morgan fingerprint density at radius 2 is 1.96 bits per heavy atom. The van der Waals surface area contributed by atoms with Gasteiger partial charge in [-0.3, -0.25) is 9.59 Å². The Hall–Kier alpha value is -2.96. The molecule has 1 amide bonds. The molecule has 0 unspecified atom stereocenters. The summed E-state index contributed by atoms with van der Waals surface area (Å²) >= 11 is 0. The highest BCUT2D eigenvalue weighted by Crippen LogP contribution is 2.31. The van der Waals surface area contributed by atoms with E-state index < -0.39 is 0 Å². The smallest absolute Gasteiger partial charge is 0.275 e. The van der Waals surface area contributed by atoms with Crippen molar-refractivity contribution in [3.05, 3.63) is 53.1 Å². The molecule has 1 aromatic carbocycles. The summed E-state index contributed by atoms with van der Waals surface area (Å²) in [4.78, 5) is 24.8. The lowest BCUT2D eigenvalue weighted by molar-refractivity contribution is -0.117. The van der Waals surface area contributed by atoms with E-state index in [-0.39, 0.29) is 18.0 Å². The van der Waals surface area contributed by atoms with E-state index in [9.17, 15) is 9.59 Å². The number of anilines is 1. The molecule has 0 aliphatic heterocycles. The Balaban J connectivity index is 1.53. The van der Waals surface area contributed by atoms with Gasteiger partial charge in [0.05, 0.1) is 23.8 Å². The second kappa shape index (κ2) is 6.51. The zero-order chi connectivity index (χ0) is 17.2. The van der Waals surface area contributed by atoms with Crippen molar-refractivity contribution in [1.29, 1.82) is 0 Å². The lowest BCUT2D eigenvalue weighted by atomic mass is 10.2. The van der Waals surface area contributed by atoms with E-state index in [1.807, 2.05) is 16.8 Å². The van der Waals surface area contributed by atoms with E-state index in [1.165, 1.54) is 17.5 Å². The summed E-state index contributed by atoms with van der Waals surface area (Å²) in [6.07, 6.45) is 7.83. The fourth-order valence-electron chi connectivity index (χ4n) is 3.41. The molecule has 0 atom stereocenters. The van der Waals surface area contributed by atoms with E-state index in [1.54, 1.807) is 30.6 Å². The summed E-state index contributed by atoms with van der Waals surface area (Å²) < 4.78 is 3.06.